The zero-order valence-corrected chi connectivity index (χ0v) is 10.3. The van der Waals surface area contributed by atoms with Crippen LogP contribution < -0.4 is 4.74 Å². The molecule has 0 fully saturated rings. The molecule has 2 rings (SSSR count). The maximum absolute atomic E-state index is 11.8. The summed E-state index contributed by atoms with van der Waals surface area (Å²) in [6, 6.07) is 7.53. The summed E-state index contributed by atoms with van der Waals surface area (Å²) in [6.45, 7) is 3.86. The number of hydrogen-bond donors (Lipinski definition) is 0. The van der Waals surface area contributed by atoms with Crippen LogP contribution in [0.2, 0.25) is 0 Å². The van der Waals surface area contributed by atoms with Gasteiger partial charge in [0.05, 0.1) is 18.1 Å². The molecule has 0 amide bonds. The first-order valence-electron chi connectivity index (χ1n) is 5.69. The van der Waals surface area contributed by atoms with Crippen molar-refractivity contribution in [2.75, 3.05) is 7.11 Å². The van der Waals surface area contributed by atoms with Crippen molar-refractivity contribution in [3.63, 3.8) is 0 Å². The Morgan fingerprint density at radius 1 is 1.35 bits per heavy atom. The van der Waals surface area contributed by atoms with Crippen LogP contribution in [0, 0.1) is 5.41 Å². The molecule has 0 N–H and O–H groups in total. The summed E-state index contributed by atoms with van der Waals surface area (Å²) in [6.07, 6.45) is 2.61. The molecule has 0 bridgehead atoms. The molecule has 0 saturated heterocycles. The fourth-order valence-corrected chi connectivity index (χ4v) is 1.82. The first-order chi connectivity index (χ1) is 8.10. The van der Waals surface area contributed by atoms with Crippen molar-refractivity contribution in [2.24, 2.45) is 5.41 Å². The van der Waals surface area contributed by atoms with Gasteiger partial charge in [0, 0.05) is 0 Å². The van der Waals surface area contributed by atoms with Crippen LogP contribution in [0.4, 0.5) is 0 Å². The fourth-order valence-electron chi connectivity index (χ4n) is 1.82. The number of ether oxygens (including phenoxy) is 2. The van der Waals surface area contributed by atoms with E-state index < -0.39 is 5.41 Å². The third kappa shape index (κ3) is 1.93. The molecule has 1 atom stereocenters. The number of benzene rings is 1. The molecule has 3 nitrogen and oxygen atoms in total. The van der Waals surface area contributed by atoms with Crippen LogP contribution >= 0.6 is 0 Å². The summed E-state index contributed by atoms with van der Waals surface area (Å²) < 4.78 is 10.6. The predicted molar refractivity (Wildman–Crippen MR) is 65.5 cm³/mol. The van der Waals surface area contributed by atoms with Crippen LogP contribution in [-0.2, 0) is 9.53 Å². The molecule has 1 aliphatic rings. The SMILES string of the molecule is CCC1(C)C=C(c2ccccc2OC)OC1=O. The third-order valence-electron chi connectivity index (χ3n) is 3.23. The van der Waals surface area contributed by atoms with Gasteiger partial charge in [-0.3, -0.25) is 4.79 Å². The quantitative estimate of drug-likeness (QED) is 0.751. The molecule has 0 spiro atoms. The van der Waals surface area contributed by atoms with Crippen LogP contribution in [0.15, 0.2) is 30.3 Å². The van der Waals surface area contributed by atoms with Crippen LogP contribution in [0.5, 0.6) is 5.75 Å². The van der Waals surface area contributed by atoms with E-state index in [0.717, 1.165) is 12.0 Å². The largest absolute Gasteiger partial charge is 0.496 e. The number of methoxy groups -OCH3 is 1. The lowest BCUT2D eigenvalue weighted by molar-refractivity contribution is -0.142. The number of hydrogen-bond acceptors (Lipinski definition) is 3. The van der Waals surface area contributed by atoms with E-state index >= 15 is 0 Å². The van der Waals surface area contributed by atoms with Gasteiger partial charge in [0.25, 0.3) is 0 Å². The van der Waals surface area contributed by atoms with Crippen LogP contribution in [0.25, 0.3) is 5.76 Å². The molecule has 0 aromatic heterocycles. The molecule has 1 heterocycles. The van der Waals surface area contributed by atoms with E-state index in [1.807, 2.05) is 44.2 Å². The molecule has 3 heteroatoms. The molecular weight excluding hydrogens is 216 g/mol. The van der Waals surface area contributed by atoms with Crippen molar-refractivity contribution in [3.05, 3.63) is 35.9 Å². The van der Waals surface area contributed by atoms with Gasteiger partial charge >= 0.3 is 5.97 Å². The Kier molecular flexibility index (Phi) is 2.92. The third-order valence-corrected chi connectivity index (χ3v) is 3.23. The maximum atomic E-state index is 11.8. The van der Waals surface area contributed by atoms with Gasteiger partial charge in [-0.1, -0.05) is 19.1 Å². The average Bonchev–Trinajstić information content (AvgIpc) is 2.66. The minimum absolute atomic E-state index is 0.194. The molecule has 1 unspecified atom stereocenters. The Bertz CT molecular complexity index is 476. The Morgan fingerprint density at radius 2 is 2.06 bits per heavy atom. The molecular formula is C14H16O3. The molecule has 17 heavy (non-hydrogen) atoms. The lowest BCUT2D eigenvalue weighted by atomic mass is 9.88. The van der Waals surface area contributed by atoms with Crippen LogP contribution in [-0.4, -0.2) is 13.1 Å². The molecule has 0 saturated carbocycles. The molecule has 1 aromatic carbocycles. The topological polar surface area (TPSA) is 35.5 Å². The number of para-hydroxylation sites is 1. The summed E-state index contributed by atoms with van der Waals surface area (Å²) in [7, 11) is 1.61. The Labute approximate surface area is 101 Å². The first-order valence-corrected chi connectivity index (χ1v) is 5.69. The number of carbonyl (C=O) groups is 1. The van der Waals surface area contributed by atoms with Gasteiger partial charge in [-0.2, -0.15) is 0 Å². The number of carbonyl (C=O) groups excluding carboxylic acids is 1. The smallest absolute Gasteiger partial charge is 0.321 e. The van der Waals surface area contributed by atoms with Crippen molar-refractivity contribution in [1.29, 1.82) is 0 Å². The molecule has 1 aliphatic heterocycles. The number of esters is 1. The normalized spacial score (nSPS) is 23.2. The Balaban J connectivity index is 2.43. The molecule has 0 aliphatic carbocycles. The molecule has 1 aromatic rings. The zero-order chi connectivity index (χ0) is 12.5. The van der Waals surface area contributed by atoms with Gasteiger partial charge in [-0.05, 0) is 31.6 Å². The highest BCUT2D eigenvalue weighted by Crippen LogP contribution is 2.39. The predicted octanol–water partition coefficient (Wildman–Crippen LogP) is 3.01. The van der Waals surface area contributed by atoms with E-state index in [1.54, 1.807) is 7.11 Å². The highest BCUT2D eigenvalue weighted by molar-refractivity contribution is 5.91. The van der Waals surface area contributed by atoms with Gasteiger partial charge in [0.1, 0.15) is 11.5 Å². The minimum atomic E-state index is -0.518. The second kappa shape index (κ2) is 4.24. The van der Waals surface area contributed by atoms with Gasteiger partial charge in [0.2, 0.25) is 0 Å². The van der Waals surface area contributed by atoms with Crippen molar-refractivity contribution in [2.45, 2.75) is 20.3 Å². The summed E-state index contributed by atoms with van der Waals surface area (Å²) in [5.41, 5.74) is 0.302. The van der Waals surface area contributed by atoms with Gasteiger partial charge in [0.15, 0.2) is 0 Å². The monoisotopic (exact) mass is 232 g/mol. The van der Waals surface area contributed by atoms with Crippen molar-refractivity contribution in [1.82, 2.24) is 0 Å². The molecule has 0 radical (unpaired) electrons. The lowest BCUT2D eigenvalue weighted by Gasteiger charge is -2.12. The fraction of sp³-hybridized carbons (Fsp3) is 0.357. The average molecular weight is 232 g/mol. The second-order valence-corrected chi connectivity index (χ2v) is 4.37. The Hall–Kier alpha value is -1.77. The Morgan fingerprint density at radius 3 is 2.65 bits per heavy atom. The van der Waals surface area contributed by atoms with E-state index in [1.165, 1.54) is 0 Å². The first kappa shape index (κ1) is 11.7. The molecule has 90 valence electrons. The maximum Gasteiger partial charge on any atom is 0.321 e. The number of cyclic esters (lactones) is 1. The van der Waals surface area contributed by atoms with Gasteiger partial charge in [-0.15, -0.1) is 0 Å². The summed E-state index contributed by atoms with van der Waals surface area (Å²) >= 11 is 0. The van der Waals surface area contributed by atoms with Crippen molar-refractivity contribution in [3.8, 4) is 5.75 Å². The van der Waals surface area contributed by atoms with E-state index in [4.69, 9.17) is 9.47 Å². The van der Waals surface area contributed by atoms with Crippen LogP contribution in [0.3, 0.4) is 0 Å². The van der Waals surface area contributed by atoms with Crippen LogP contribution in [0.1, 0.15) is 25.8 Å². The van der Waals surface area contributed by atoms with E-state index in [9.17, 15) is 4.79 Å². The second-order valence-electron chi connectivity index (χ2n) is 4.37. The van der Waals surface area contributed by atoms with Crippen molar-refractivity contribution < 1.29 is 14.3 Å². The zero-order valence-electron chi connectivity index (χ0n) is 10.3. The summed E-state index contributed by atoms with van der Waals surface area (Å²) in [4.78, 5) is 11.8. The standard InChI is InChI=1S/C14H16O3/c1-4-14(2)9-12(17-13(14)15)10-7-5-6-8-11(10)16-3/h5-9H,4H2,1-3H3. The highest BCUT2D eigenvalue weighted by Gasteiger charge is 2.38. The van der Waals surface area contributed by atoms with Gasteiger partial charge in [-0.25, -0.2) is 0 Å². The summed E-state index contributed by atoms with van der Waals surface area (Å²) in [5, 5.41) is 0. The summed E-state index contributed by atoms with van der Waals surface area (Å²) in [5.74, 6) is 1.12. The van der Waals surface area contributed by atoms with Crippen molar-refractivity contribution >= 4 is 11.7 Å². The number of rotatable bonds is 3. The van der Waals surface area contributed by atoms with E-state index in [-0.39, 0.29) is 5.97 Å². The van der Waals surface area contributed by atoms with E-state index in [2.05, 4.69) is 0 Å². The minimum Gasteiger partial charge on any atom is -0.496 e. The van der Waals surface area contributed by atoms with E-state index in [0.29, 0.717) is 11.5 Å². The highest BCUT2D eigenvalue weighted by atomic mass is 16.5. The van der Waals surface area contributed by atoms with Gasteiger partial charge < -0.3 is 9.47 Å². The lowest BCUT2D eigenvalue weighted by Crippen LogP contribution is -2.20.